The van der Waals surface area contributed by atoms with E-state index >= 15 is 0 Å². The Hall–Kier alpha value is -2.99. The number of aromatic nitrogens is 2. The summed E-state index contributed by atoms with van der Waals surface area (Å²) in [5.74, 6) is 2.39. The Morgan fingerprint density at radius 1 is 1.03 bits per heavy atom. The minimum absolute atomic E-state index is 0.558. The van der Waals surface area contributed by atoms with Crippen molar-refractivity contribution in [1.29, 1.82) is 0 Å². The summed E-state index contributed by atoms with van der Waals surface area (Å²) in [5, 5.41) is 4.64. The molecule has 0 amide bonds. The van der Waals surface area contributed by atoms with Crippen LogP contribution in [-0.4, -0.2) is 23.4 Å². The van der Waals surface area contributed by atoms with E-state index in [0.29, 0.717) is 5.75 Å². The van der Waals surface area contributed by atoms with Gasteiger partial charge in [0.15, 0.2) is 0 Å². The van der Waals surface area contributed by atoms with Crippen LogP contribution in [0.5, 0.6) is 5.75 Å². The zero-order valence-electron chi connectivity index (χ0n) is 18.7. The number of thiophene rings is 1. The van der Waals surface area contributed by atoms with Gasteiger partial charge in [-0.15, -0.1) is 11.3 Å². The molecule has 0 aliphatic rings. The lowest BCUT2D eigenvalue weighted by atomic mass is 9.98. The second-order valence-corrected chi connectivity index (χ2v) is 9.11. The third-order valence-electron chi connectivity index (χ3n) is 5.50. The lowest BCUT2D eigenvalue weighted by molar-refractivity contribution is 0.191. The first kappa shape index (κ1) is 22.2. The van der Waals surface area contributed by atoms with Crippen molar-refractivity contribution < 1.29 is 9.13 Å². The first-order valence-corrected chi connectivity index (χ1v) is 11.8. The van der Waals surface area contributed by atoms with Crippen molar-refractivity contribution in [2.24, 2.45) is 0 Å². The highest BCUT2D eigenvalue weighted by Gasteiger charge is 2.10. The highest BCUT2D eigenvalue weighted by atomic mass is 32.1. The number of hydrogen-bond acceptors (Lipinski definition) is 5. The number of nitrogens with one attached hydrogen (secondary N) is 1. The highest BCUT2D eigenvalue weighted by molar-refractivity contribution is 7.18. The van der Waals surface area contributed by atoms with E-state index in [2.05, 4.69) is 54.5 Å². The number of rotatable bonds is 9. The van der Waals surface area contributed by atoms with Crippen molar-refractivity contribution in [3.8, 4) is 16.9 Å². The third kappa shape index (κ3) is 5.07. The molecule has 6 heteroatoms. The summed E-state index contributed by atoms with van der Waals surface area (Å²) in [6, 6.07) is 16.5. The topological polar surface area (TPSA) is 47.0 Å². The summed E-state index contributed by atoms with van der Waals surface area (Å²) < 4.78 is 17.3. The largest absolute Gasteiger partial charge is 0.463 e. The van der Waals surface area contributed by atoms with Gasteiger partial charge in [-0.25, -0.2) is 14.4 Å². The molecule has 0 fully saturated rings. The third-order valence-corrected chi connectivity index (χ3v) is 6.44. The minimum Gasteiger partial charge on any atom is -0.463 e. The van der Waals surface area contributed by atoms with E-state index < -0.39 is 6.86 Å². The molecule has 0 saturated heterocycles. The average Bonchev–Trinajstić information content (AvgIpc) is 3.17. The molecule has 2 heterocycles. The fraction of sp³-hybridized carbons (Fsp3) is 0.308. The van der Waals surface area contributed by atoms with Crippen LogP contribution in [0.15, 0.2) is 48.5 Å². The van der Waals surface area contributed by atoms with Crippen LogP contribution in [0.25, 0.3) is 21.3 Å². The van der Waals surface area contributed by atoms with E-state index in [1.54, 1.807) is 11.3 Å². The summed E-state index contributed by atoms with van der Waals surface area (Å²) in [4.78, 5) is 11.7. The number of benzene rings is 2. The predicted octanol–water partition coefficient (Wildman–Crippen LogP) is 6.89. The Kier molecular flexibility index (Phi) is 7.00. The average molecular weight is 450 g/mol. The highest BCUT2D eigenvalue weighted by Crippen LogP contribution is 2.29. The summed E-state index contributed by atoms with van der Waals surface area (Å²) in [5.41, 5.74) is 4.66. The first-order valence-electron chi connectivity index (χ1n) is 11.0. The van der Waals surface area contributed by atoms with Crippen molar-refractivity contribution >= 4 is 27.4 Å². The lowest BCUT2D eigenvalue weighted by Gasteiger charge is -2.10. The molecule has 4 nitrogen and oxygen atoms in total. The number of aryl methyl sites for hydroxylation is 4. The summed E-state index contributed by atoms with van der Waals surface area (Å²) in [6.45, 7) is 6.27. The fourth-order valence-corrected chi connectivity index (χ4v) is 4.74. The first-order chi connectivity index (χ1) is 15.6. The molecule has 4 rings (SSSR count). The zero-order chi connectivity index (χ0) is 22.5. The summed E-state index contributed by atoms with van der Waals surface area (Å²) in [7, 11) is 0. The minimum atomic E-state index is -0.808. The van der Waals surface area contributed by atoms with Crippen LogP contribution in [0.2, 0.25) is 0 Å². The number of fused-ring (bicyclic) bond motifs is 1. The molecule has 4 aromatic rings. The van der Waals surface area contributed by atoms with E-state index in [1.807, 2.05) is 25.1 Å². The van der Waals surface area contributed by atoms with Gasteiger partial charge in [0.1, 0.15) is 22.2 Å². The van der Waals surface area contributed by atoms with Gasteiger partial charge in [0.2, 0.25) is 6.86 Å². The van der Waals surface area contributed by atoms with Crippen LogP contribution < -0.4 is 10.1 Å². The lowest BCUT2D eigenvalue weighted by Crippen LogP contribution is -2.07. The Labute approximate surface area is 192 Å². The number of nitrogens with zero attached hydrogens (tertiary/aromatic N) is 2. The number of hydrogen-bond donors (Lipinski definition) is 1. The molecular formula is C26H28FN3OS. The standard InChI is InChI=1S/C26H28FN3OS/c1-4-24-29-25(23-15-18(3)32-26(23)30-24)28-13-5-6-19-7-9-20(10-8-19)22-12-11-21(31-16-27)14-17(22)2/h7-12,14-15H,4-6,13,16H2,1-3H3,(H,28,29,30). The van der Waals surface area contributed by atoms with E-state index in [9.17, 15) is 4.39 Å². The number of ether oxygens (including phenoxy) is 1. The van der Waals surface area contributed by atoms with Gasteiger partial charge in [-0.1, -0.05) is 37.3 Å². The van der Waals surface area contributed by atoms with Crippen LogP contribution in [0.4, 0.5) is 10.2 Å². The maximum Gasteiger partial charge on any atom is 0.228 e. The van der Waals surface area contributed by atoms with Gasteiger partial charge in [0.25, 0.3) is 0 Å². The van der Waals surface area contributed by atoms with Crippen molar-refractivity contribution in [1.82, 2.24) is 9.97 Å². The molecule has 0 aliphatic heterocycles. The number of anilines is 1. The number of halogens is 1. The van der Waals surface area contributed by atoms with Crippen LogP contribution in [-0.2, 0) is 12.8 Å². The second-order valence-electron chi connectivity index (χ2n) is 7.88. The maximum absolute atomic E-state index is 12.4. The second kappa shape index (κ2) is 10.1. The Bertz CT molecular complexity index is 1200. The molecule has 0 spiro atoms. The van der Waals surface area contributed by atoms with Crippen LogP contribution >= 0.6 is 11.3 Å². The van der Waals surface area contributed by atoms with Gasteiger partial charge in [0.05, 0.1) is 5.39 Å². The normalized spacial score (nSPS) is 11.1. The van der Waals surface area contributed by atoms with Crippen molar-refractivity contribution in [2.45, 2.75) is 40.0 Å². The molecule has 2 aromatic carbocycles. The number of alkyl halides is 1. The predicted molar refractivity (Wildman–Crippen MR) is 132 cm³/mol. The molecule has 32 heavy (non-hydrogen) atoms. The van der Waals surface area contributed by atoms with Gasteiger partial charge >= 0.3 is 0 Å². The van der Waals surface area contributed by atoms with Gasteiger partial charge in [0, 0.05) is 17.8 Å². The smallest absolute Gasteiger partial charge is 0.228 e. The molecule has 2 aromatic heterocycles. The Morgan fingerprint density at radius 2 is 1.84 bits per heavy atom. The van der Waals surface area contributed by atoms with Gasteiger partial charge in [-0.05, 0) is 67.1 Å². The quantitative estimate of drug-likeness (QED) is 0.283. The molecular weight excluding hydrogens is 421 g/mol. The summed E-state index contributed by atoms with van der Waals surface area (Å²) in [6.07, 6.45) is 2.84. The van der Waals surface area contributed by atoms with Crippen molar-refractivity contribution in [3.05, 3.63) is 70.4 Å². The van der Waals surface area contributed by atoms with Crippen LogP contribution in [0.1, 0.15) is 35.2 Å². The molecule has 0 radical (unpaired) electrons. The monoisotopic (exact) mass is 449 g/mol. The van der Waals surface area contributed by atoms with Gasteiger partial charge < -0.3 is 10.1 Å². The van der Waals surface area contributed by atoms with Gasteiger partial charge in [-0.2, -0.15) is 0 Å². The van der Waals surface area contributed by atoms with Crippen LogP contribution in [0.3, 0.4) is 0 Å². The Balaban J connectivity index is 1.36. The molecule has 1 N–H and O–H groups in total. The van der Waals surface area contributed by atoms with Crippen LogP contribution in [0, 0.1) is 13.8 Å². The summed E-state index contributed by atoms with van der Waals surface area (Å²) >= 11 is 1.72. The van der Waals surface area contributed by atoms with E-state index in [0.717, 1.165) is 64.4 Å². The Morgan fingerprint density at radius 3 is 2.56 bits per heavy atom. The molecule has 0 aliphatic carbocycles. The molecule has 0 saturated carbocycles. The van der Waals surface area contributed by atoms with E-state index in [1.165, 1.54) is 10.4 Å². The van der Waals surface area contributed by atoms with Gasteiger partial charge in [-0.3, -0.25) is 0 Å². The van der Waals surface area contributed by atoms with Crippen molar-refractivity contribution in [2.75, 3.05) is 18.7 Å². The fourth-order valence-electron chi connectivity index (χ4n) is 3.84. The van der Waals surface area contributed by atoms with Crippen molar-refractivity contribution in [3.63, 3.8) is 0 Å². The van der Waals surface area contributed by atoms with E-state index in [4.69, 9.17) is 9.72 Å². The van der Waals surface area contributed by atoms with E-state index in [-0.39, 0.29) is 0 Å². The zero-order valence-corrected chi connectivity index (χ0v) is 19.6. The molecule has 0 unspecified atom stereocenters. The molecule has 166 valence electrons. The maximum atomic E-state index is 12.4. The SMILES string of the molecule is CCc1nc(NCCCc2ccc(-c3ccc(OCF)cc3C)cc2)c2cc(C)sc2n1. The molecule has 0 bridgehead atoms. The molecule has 0 atom stereocenters.